The lowest BCUT2D eigenvalue weighted by molar-refractivity contribution is 0.0981. The zero-order valence-corrected chi connectivity index (χ0v) is 14.7. The number of likely N-dealkylation sites (tertiary alicyclic amines) is 1. The van der Waals surface area contributed by atoms with E-state index in [1.165, 1.54) is 4.90 Å². The second-order valence-corrected chi connectivity index (χ2v) is 6.62. The molecule has 0 radical (unpaired) electrons. The fourth-order valence-corrected chi connectivity index (χ4v) is 3.23. The summed E-state index contributed by atoms with van der Waals surface area (Å²) in [5.41, 5.74) is 0.641. The molecule has 1 amide bonds. The number of nitrogens with zero attached hydrogens (tertiary/aromatic N) is 4. The molecule has 3 N–H and O–H groups in total. The van der Waals surface area contributed by atoms with Crippen LogP contribution in [0.2, 0.25) is 5.15 Å². The predicted octanol–water partition coefficient (Wildman–Crippen LogP) is 0.664. The third kappa shape index (κ3) is 3.88. The second kappa shape index (κ2) is 7.59. The van der Waals surface area contributed by atoms with Crippen LogP contribution in [0, 0.1) is 0 Å². The maximum atomic E-state index is 10.9. The van der Waals surface area contributed by atoms with Crippen LogP contribution >= 0.6 is 11.6 Å². The number of nitrogens with one attached hydrogen (secondary N) is 1. The Kier molecular flexibility index (Phi) is 5.45. The molecule has 1 aromatic rings. The van der Waals surface area contributed by atoms with Gasteiger partial charge in [0.1, 0.15) is 11.0 Å². The summed E-state index contributed by atoms with van der Waals surface area (Å²) in [6.45, 7) is 4.60. The summed E-state index contributed by atoms with van der Waals surface area (Å²) in [6.07, 6.45) is -0.604. The van der Waals surface area contributed by atoms with E-state index in [2.05, 4.69) is 15.3 Å². The summed E-state index contributed by atoms with van der Waals surface area (Å²) in [4.78, 5) is 23.2. The largest absolute Gasteiger partial charge is 0.465 e. The molecule has 2 saturated heterocycles. The Morgan fingerprint density at radius 2 is 2.20 bits per heavy atom. The van der Waals surface area contributed by atoms with E-state index in [1.54, 1.807) is 0 Å². The van der Waals surface area contributed by atoms with Crippen molar-refractivity contribution in [3.8, 4) is 0 Å². The van der Waals surface area contributed by atoms with Crippen LogP contribution in [0.1, 0.15) is 12.5 Å². The van der Waals surface area contributed by atoms with E-state index in [9.17, 15) is 9.90 Å². The molecule has 2 fully saturated rings. The molecule has 1 atom stereocenters. The van der Waals surface area contributed by atoms with Crippen molar-refractivity contribution in [3.63, 3.8) is 0 Å². The van der Waals surface area contributed by atoms with Gasteiger partial charge in [0.2, 0.25) is 5.95 Å². The molecule has 0 aromatic carbocycles. The molecule has 10 heteroatoms. The molecule has 0 bridgehead atoms. The van der Waals surface area contributed by atoms with Crippen LogP contribution in [-0.2, 0) is 11.2 Å². The van der Waals surface area contributed by atoms with Gasteiger partial charge in [0.25, 0.3) is 0 Å². The minimum Gasteiger partial charge on any atom is -0.465 e. The molecular weight excluding hydrogens is 350 g/mol. The summed E-state index contributed by atoms with van der Waals surface area (Å²) in [6, 6.07) is 0.0991. The number of carboxylic acid groups (broad SMARTS) is 1. The molecule has 1 aromatic heterocycles. The van der Waals surface area contributed by atoms with Crippen molar-refractivity contribution in [2.24, 2.45) is 0 Å². The number of amides is 1. The minimum atomic E-state index is -0.933. The Morgan fingerprint density at radius 1 is 1.44 bits per heavy atom. The first kappa shape index (κ1) is 18.0. The number of hydrogen-bond acceptors (Lipinski definition) is 7. The standard InChI is InChI=1S/C15H22ClN5O4/c1-9-8-25-5-3-21(9)14-18-12(16)11(2-4-22)13(19-14)17-10-6-20(7-10)15(23)24/h9-10,22H,2-8H2,1H3,(H,23,24)(H,17,18,19)/t9-/m0/s1. The Hall–Kier alpha value is -1.84. The zero-order chi connectivity index (χ0) is 18.0. The van der Waals surface area contributed by atoms with Gasteiger partial charge in [-0.25, -0.2) is 9.78 Å². The number of aliphatic hydroxyl groups excluding tert-OH is 1. The molecular formula is C15H22ClN5O4. The van der Waals surface area contributed by atoms with Crippen LogP contribution in [0.3, 0.4) is 0 Å². The van der Waals surface area contributed by atoms with Crippen LogP contribution in [-0.4, -0.2) is 82.7 Å². The Balaban J connectivity index is 1.82. The highest BCUT2D eigenvalue weighted by atomic mass is 35.5. The van der Waals surface area contributed by atoms with E-state index >= 15 is 0 Å². The molecule has 0 unspecified atom stereocenters. The maximum Gasteiger partial charge on any atom is 0.407 e. The molecule has 0 aliphatic carbocycles. The lowest BCUT2D eigenvalue weighted by atomic mass is 10.1. The van der Waals surface area contributed by atoms with Crippen LogP contribution in [0.5, 0.6) is 0 Å². The zero-order valence-electron chi connectivity index (χ0n) is 14.0. The van der Waals surface area contributed by atoms with Crippen molar-refractivity contribution in [1.29, 1.82) is 0 Å². The summed E-state index contributed by atoms with van der Waals surface area (Å²) >= 11 is 6.34. The number of carbonyl (C=O) groups is 1. The van der Waals surface area contributed by atoms with Gasteiger partial charge in [0.15, 0.2) is 0 Å². The van der Waals surface area contributed by atoms with Gasteiger partial charge >= 0.3 is 6.09 Å². The summed E-state index contributed by atoms with van der Waals surface area (Å²) in [5, 5.41) is 21.8. The van der Waals surface area contributed by atoms with Gasteiger partial charge in [-0.15, -0.1) is 0 Å². The summed E-state index contributed by atoms with van der Waals surface area (Å²) < 4.78 is 5.44. The fourth-order valence-electron chi connectivity index (χ4n) is 2.97. The van der Waals surface area contributed by atoms with Crippen molar-refractivity contribution in [2.45, 2.75) is 25.4 Å². The topological polar surface area (TPSA) is 111 Å². The van der Waals surface area contributed by atoms with Crippen LogP contribution in [0.25, 0.3) is 0 Å². The van der Waals surface area contributed by atoms with E-state index in [1.807, 2.05) is 11.8 Å². The monoisotopic (exact) mass is 371 g/mol. The normalized spacial score (nSPS) is 21.2. The van der Waals surface area contributed by atoms with Gasteiger partial charge in [-0.05, 0) is 6.92 Å². The van der Waals surface area contributed by atoms with Crippen LogP contribution in [0.4, 0.5) is 16.6 Å². The van der Waals surface area contributed by atoms with Crippen molar-refractivity contribution in [3.05, 3.63) is 10.7 Å². The van der Waals surface area contributed by atoms with Crippen molar-refractivity contribution in [2.75, 3.05) is 49.7 Å². The van der Waals surface area contributed by atoms with Gasteiger partial charge in [0, 0.05) is 38.2 Å². The van der Waals surface area contributed by atoms with E-state index in [0.29, 0.717) is 61.8 Å². The second-order valence-electron chi connectivity index (χ2n) is 6.26. The average molecular weight is 372 g/mol. The van der Waals surface area contributed by atoms with E-state index in [4.69, 9.17) is 21.4 Å². The van der Waals surface area contributed by atoms with Crippen molar-refractivity contribution in [1.82, 2.24) is 14.9 Å². The number of ether oxygens (including phenoxy) is 1. The number of rotatable bonds is 5. The lowest BCUT2D eigenvalue weighted by Crippen LogP contribution is -2.56. The number of aliphatic hydroxyl groups is 1. The Morgan fingerprint density at radius 3 is 2.84 bits per heavy atom. The number of morpholine rings is 1. The van der Waals surface area contributed by atoms with Gasteiger partial charge in [-0.2, -0.15) is 4.98 Å². The number of aromatic nitrogens is 2. The van der Waals surface area contributed by atoms with Crippen LogP contribution in [0.15, 0.2) is 0 Å². The molecule has 2 aliphatic heterocycles. The molecule has 138 valence electrons. The fraction of sp³-hybridized carbons (Fsp3) is 0.667. The maximum absolute atomic E-state index is 10.9. The Bertz CT molecular complexity index is 641. The highest BCUT2D eigenvalue weighted by Gasteiger charge is 2.32. The first-order valence-corrected chi connectivity index (χ1v) is 8.63. The van der Waals surface area contributed by atoms with Gasteiger partial charge in [-0.1, -0.05) is 11.6 Å². The highest BCUT2D eigenvalue weighted by Crippen LogP contribution is 2.28. The smallest absolute Gasteiger partial charge is 0.407 e. The number of hydrogen-bond donors (Lipinski definition) is 3. The number of halogens is 1. The average Bonchev–Trinajstić information content (AvgIpc) is 2.53. The van der Waals surface area contributed by atoms with Crippen LogP contribution < -0.4 is 10.2 Å². The molecule has 2 aliphatic rings. The predicted molar refractivity (Wildman–Crippen MR) is 92.5 cm³/mol. The third-order valence-electron chi connectivity index (χ3n) is 4.42. The summed E-state index contributed by atoms with van der Waals surface area (Å²) in [7, 11) is 0. The van der Waals surface area contributed by atoms with E-state index in [0.717, 1.165) is 0 Å². The van der Waals surface area contributed by atoms with Gasteiger partial charge < -0.3 is 30.1 Å². The van der Waals surface area contributed by atoms with Crippen molar-refractivity contribution >= 4 is 29.5 Å². The molecule has 3 rings (SSSR count). The lowest BCUT2D eigenvalue weighted by Gasteiger charge is -2.38. The summed E-state index contributed by atoms with van der Waals surface area (Å²) in [5.74, 6) is 1.07. The Labute approximate surface area is 150 Å². The molecule has 0 spiro atoms. The third-order valence-corrected chi connectivity index (χ3v) is 4.74. The number of anilines is 2. The van der Waals surface area contributed by atoms with E-state index < -0.39 is 6.09 Å². The van der Waals surface area contributed by atoms with Crippen molar-refractivity contribution < 1.29 is 19.7 Å². The molecule has 3 heterocycles. The molecule has 25 heavy (non-hydrogen) atoms. The highest BCUT2D eigenvalue weighted by molar-refractivity contribution is 6.30. The SMILES string of the molecule is C[C@H]1COCCN1c1nc(Cl)c(CCO)c(NC2CN(C(=O)O)C2)n1. The van der Waals surface area contributed by atoms with E-state index in [-0.39, 0.29) is 18.7 Å². The quantitative estimate of drug-likeness (QED) is 0.647. The first-order chi connectivity index (χ1) is 12.0. The van der Waals surface area contributed by atoms with Gasteiger partial charge in [0.05, 0.1) is 25.3 Å². The minimum absolute atomic E-state index is 0.0329. The molecule has 9 nitrogen and oxygen atoms in total. The van der Waals surface area contributed by atoms with Gasteiger partial charge in [-0.3, -0.25) is 0 Å². The molecule has 0 saturated carbocycles. The first-order valence-electron chi connectivity index (χ1n) is 8.25.